The van der Waals surface area contributed by atoms with Gasteiger partial charge in [-0.15, -0.1) is 0 Å². The summed E-state index contributed by atoms with van der Waals surface area (Å²) in [5.41, 5.74) is 6.15. The summed E-state index contributed by atoms with van der Waals surface area (Å²) >= 11 is 3.31. The number of hydrogen-bond acceptors (Lipinski definition) is 3. The molecule has 0 bridgehead atoms. The number of carboxylic acid groups (broad SMARTS) is 1. The first-order valence-electron chi connectivity index (χ1n) is 5.12. The van der Waals surface area contributed by atoms with Crippen LogP contribution < -0.4 is 10.5 Å². The average molecular weight is 308 g/mol. The third-order valence-electron chi connectivity index (χ3n) is 2.28. The van der Waals surface area contributed by atoms with Crippen molar-refractivity contribution in [3.05, 3.63) is 52.5 Å². The van der Waals surface area contributed by atoms with E-state index in [2.05, 4.69) is 15.9 Å². The summed E-state index contributed by atoms with van der Waals surface area (Å²) in [5, 5.41) is 9.05. The van der Waals surface area contributed by atoms with Crippen molar-refractivity contribution in [1.29, 1.82) is 0 Å². The van der Waals surface area contributed by atoms with Crippen LogP contribution in [0.2, 0.25) is 0 Å². The molecule has 3 N–H and O–H groups in total. The minimum absolute atomic E-state index is 0.0760. The zero-order chi connectivity index (χ0) is 13.1. The van der Waals surface area contributed by atoms with Crippen molar-refractivity contribution < 1.29 is 14.6 Å². The second kappa shape index (κ2) is 5.10. The number of carboxylic acids is 1. The highest BCUT2D eigenvalue weighted by Crippen LogP contribution is 2.28. The quantitative estimate of drug-likeness (QED) is 0.851. The molecule has 5 heteroatoms. The largest absolute Gasteiger partial charge is 0.478 e. The summed E-state index contributed by atoms with van der Waals surface area (Å²) in [7, 11) is 0. The molecular formula is C13H10BrNO3. The van der Waals surface area contributed by atoms with E-state index in [9.17, 15) is 4.79 Å². The van der Waals surface area contributed by atoms with Crippen LogP contribution in [0.4, 0.5) is 5.69 Å². The number of nitrogen functional groups attached to an aromatic ring is 1. The maximum absolute atomic E-state index is 11.0. The van der Waals surface area contributed by atoms with Gasteiger partial charge in [0.15, 0.2) is 0 Å². The molecule has 4 nitrogen and oxygen atoms in total. The van der Waals surface area contributed by atoms with Crippen LogP contribution in [0.3, 0.4) is 0 Å². The molecule has 0 unspecified atom stereocenters. The van der Waals surface area contributed by atoms with Crippen LogP contribution in [0, 0.1) is 0 Å². The molecule has 2 aromatic carbocycles. The fourth-order valence-corrected chi connectivity index (χ4v) is 1.69. The maximum Gasteiger partial charge on any atom is 0.339 e. The number of aromatic carboxylic acids is 1. The predicted octanol–water partition coefficient (Wildman–Crippen LogP) is 3.52. The number of nitrogens with two attached hydrogens (primary N) is 1. The van der Waals surface area contributed by atoms with Crippen molar-refractivity contribution >= 4 is 27.6 Å². The highest BCUT2D eigenvalue weighted by atomic mass is 79.9. The number of rotatable bonds is 3. The highest BCUT2D eigenvalue weighted by molar-refractivity contribution is 9.10. The van der Waals surface area contributed by atoms with Gasteiger partial charge in [-0.3, -0.25) is 0 Å². The van der Waals surface area contributed by atoms with E-state index in [0.717, 1.165) is 4.47 Å². The molecule has 18 heavy (non-hydrogen) atoms. The number of halogens is 1. The number of carbonyl (C=O) groups is 1. The van der Waals surface area contributed by atoms with E-state index in [4.69, 9.17) is 15.6 Å². The van der Waals surface area contributed by atoms with Crippen LogP contribution in [0.15, 0.2) is 46.9 Å². The average Bonchev–Trinajstić information content (AvgIpc) is 2.32. The predicted molar refractivity (Wildman–Crippen MR) is 72.0 cm³/mol. The van der Waals surface area contributed by atoms with Gasteiger partial charge in [-0.05, 0) is 36.4 Å². The normalized spacial score (nSPS) is 10.1. The Bertz CT molecular complexity index is 581. The highest BCUT2D eigenvalue weighted by Gasteiger charge is 2.12. The Balaban J connectivity index is 2.35. The van der Waals surface area contributed by atoms with Crippen LogP contribution in [-0.4, -0.2) is 11.1 Å². The van der Waals surface area contributed by atoms with Crippen molar-refractivity contribution in [3.8, 4) is 11.5 Å². The third kappa shape index (κ3) is 2.81. The molecule has 0 aromatic heterocycles. The summed E-state index contributed by atoms with van der Waals surface area (Å²) in [6, 6.07) is 11.5. The van der Waals surface area contributed by atoms with E-state index in [0.29, 0.717) is 11.4 Å². The van der Waals surface area contributed by atoms with Crippen molar-refractivity contribution in [2.45, 2.75) is 0 Å². The Morgan fingerprint density at radius 2 is 1.83 bits per heavy atom. The van der Waals surface area contributed by atoms with Gasteiger partial charge in [0.1, 0.15) is 17.1 Å². The lowest BCUT2D eigenvalue weighted by Crippen LogP contribution is -2.01. The maximum atomic E-state index is 11.0. The van der Waals surface area contributed by atoms with Crippen molar-refractivity contribution in [2.75, 3.05) is 5.73 Å². The van der Waals surface area contributed by atoms with Gasteiger partial charge in [0, 0.05) is 16.2 Å². The van der Waals surface area contributed by atoms with Crippen molar-refractivity contribution in [2.24, 2.45) is 0 Å². The number of hydrogen-bond donors (Lipinski definition) is 2. The van der Waals surface area contributed by atoms with E-state index in [1.165, 1.54) is 18.2 Å². The molecule has 0 spiro atoms. The number of benzene rings is 2. The number of ether oxygens (including phenoxy) is 1. The molecule has 92 valence electrons. The molecule has 2 rings (SSSR count). The second-order valence-electron chi connectivity index (χ2n) is 3.62. The third-order valence-corrected chi connectivity index (χ3v) is 2.81. The van der Waals surface area contributed by atoms with Gasteiger partial charge >= 0.3 is 5.97 Å². The second-order valence-corrected chi connectivity index (χ2v) is 4.53. The van der Waals surface area contributed by atoms with Crippen LogP contribution in [0.5, 0.6) is 11.5 Å². The molecule has 0 aliphatic carbocycles. The Hall–Kier alpha value is -2.01. The summed E-state index contributed by atoms with van der Waals surface area (Å²) in [4.78, 5) is 11.0. The van der Waals surface area contributed by atoms with Gasteiger partial charge in [-0.2, -0.15) is 0 Å². The first-order valence-corrected chi connectivity index (χ1v) is 5.92. The molecule has 0 saturated heterocycles. The van der Waals surface area contributed by atoms with Gasteiger partial charge in [-0.25, -0.2) is 4.79 Å². The Labute approximate surface area is 112 Å². The van der Waals surface area contributed by atoms with Gasteiger partial charge in [-0.1, -0.05) is 15.9 Å². The van der Waals surface area contributed by atoms with E-state index in [1.54, 1.807) is 12.1 Å². The lowest BCUT2D eigenvalue weighted by Gasteiger charge is -2.09. The van der Waals surface area contributed by atoms with Crippen LogP contribution in [0.25, 0.3) is 0 Å². The minimum atomic E-state index is -1.05. The van der Waals surface area contributed by atoms with Gasteiger partial charge in [0.25, 0.3) is 0 Å². The smallest absolute Gasteiger partial charge is 0.339 e. The summed E-state index contributed by atoms with van der Waals surface area (Å²) in [5.74, 6) is -0.279. The Morgan fingerprint density at radius 1 is 1.17 bits per heavy atom. The molecule has 0 heterocycles. The van der Waals surface area contributed by atoms with Crippen LogP contribution in [-0.2, 0) is 0 Å². The van der Waals surface area contributed by atoms with Crippen LogP contribution in [0.1, 0.15) is 10.4 Å². The van der Waals surface area contributed by atoms with E-state index in [-0.39, 0.29) is 11.3 Å². The first kappa shape index (κ1) is 12.4. The van der Waals surface area contributed by atoms with E-state index >= 15 is 0 Å². The Kier molecular flexibility index (Phi) is 3.53. The van der Waals surface area contributed by atoms with Crippen molar-refractivity contribution in [1.82, 2.24) is 0 Å². The molecule has 0 saturated carbocycles. The lowest BCUT2D eigenvalue weighted by atomic mass is 10.2. The van der Waals surface area contributed by atoms with E-state index in [1.807, 2.05) is 12.1 Å². The van der Waals surface area contributed by atoms with Crippen LogP contribution >= 0.6 is 15.9 Å². The zero-order valence-corrected chi connectivity index (χ0v) is 10.8. The molecule has 0 atom stereocenters. The van der Waals surface area contributed by atoms with Gasteiger partial charge < -0.3 is 15.6 Å². The molecular weight excluding hydrogens is 298 g/mol. The molecule has 0 radical (unpaired) electrons. The minimum Gasteiger partial charge on any atom is -0.478 e. The first-order chi connectivity index (χ1) is 8.56. The topological polar surface area (TPSA) is 72.6 Å². The lowest BCUT2D eigenvalue weighted by molar-refractivity contribution is 0.0694. The molecule has 0 aliphatic heterocycles. The van der Waals surface area contributed by atoms with Gasteiger partial charge in [0.05, 0.1) is 0 Å². The Morgan fingerprint density at radius 3 is 2.44 bits per heavy atom. The van der Waals surface area contributed by atoms with E-state index < -0.39 is 5.97 Å². The summed E-state index contributed by atoms with van der Waals surface area (Å²) in [6.45, 7) is 0. The summed E-state index contributed by atoms with van der Waals surface area (Å²) < 4.78 is 6.44. The fraction of sp³-hybridized carbons (Fsp3) is 0. The van der Waals surface area contributed by atoms with Gasteiger partial charge in [0.2, 0.25) is 0 Å². The summed E-state index contributed by atoms with van der Waals surface area (Å²) in [6.07, 6.45) is 0. The molecule has 0 amide bonds. The molecule has 0 fully saturated rings. The SMILES string of the molecule is Nc1ccc(C(=O)O)c(Oc2ccc(Br)cc2)c1. The standard InChI is InChI=1S/C13H10BrNO3/c14-8-1-4-10(5-2-8)18-12-7-9(15)3-6-11(12)13(16)17/h1-7H,15H2,(H,16,17). The fourth-order valence-electron chi connectivity index (χ4n) is 1.43. The monoisotopic (exact) mass is 307 g/mol. The van der Waals surface area contributed by atoms with Crippen molar-refractivity contribution in [3.63, 3.8) is 0 Å². The number of anilines is 1. The molecule has 2 aromatic rings. The zero-order valence-electron chi connectivity index (χ0n) is 9.26. The molecule has 0 aliphatic rings.